The molecular formula is C27H31Cl2N3O4S. The van der Waals surface area contributed by atoms with Crippen LogP contribution in [-0.4, -0.2) is 55.6 Å². The molecule has 0 heterocycles. The number of carbonyl (C=O) groups excluding carboxylic acids is 2. The van der Waals surface area contributed by atoms with Crippen molar-refractivity contribution in [2.75, 3.05) is 20.1 Å². The van der Waals surface area contributed by atoms with Crippen molar-refractivity contribution in [2.45, 2.75) is 44.2 Å². The fourth-order valence-corrected chi connectivity index (χ4v) is 5.62. The van der Waals surface area contributed by atoms with Crippen molar-refractivity contribution >= 4 is 55.8 Å². The molecule has 7 nitrogen and oxygen atoms in total. The van der Waals surface area contributed by atoms with E-state index in [4.69, 9.17) is 23.2 Å². The van der Waals surface area contributed by atoms with Gasteiger partial charge in [0.05, 0.1) is 11.4 Å². The molecule has 0 saturated heterocycles. The van der Waals surface area contributed by atoms with Crippen molar-refractivity contribution in [1.82, 2.24) is 14.5 Å². The van der Waals surface area contributed by atoms with Crippen molar-refractivity contribution in [1.29, 1.82) is 0 Å². The molecule has 0 radical (unpaired) electrons. The van der Waals surface area contributed by atoms with Gasteiger partial charge in [-0.05, 0) is 53.4 Å². The Morgan fingerprint density at radius 1 is 0.973 bits per heavy atom. The molecule has 1 atom stereocenters. The maximum atomic E-state index is 13.6. The molecule has 0 bridgehead atoms. The number of rotatable bonds is 11. The number of likely N-dealkylation sites (N-methyl/N-ethyl adjacent to an activating group) is 1. The second-order valence-electron chi connectivity index (χ2n) is 8.74. The van der Waals surface area contributed by atoms with Crippen LogP contribution in [0.25, 0.3) is 10.8 Å². The van der Waals surface area contributed by atoms with Crippen LogP contribution in [0.5, 0.6) is 0 Å². The second-order valence-corrected chi connectivity index (χ2v) is 11.6. The molecule has 0 aliphatic heterocycles. The van der Waals surface area contributed by atoms with E-state index in [9.17, 15) is 18.0 Å². The first-order chi connectivity index (χ1) is 17.6. The summed E-state index contributed by atoms with van der Waals surface area (Å²) < 4.78 is 27.7. The van der Waals surface area contributed by atoms with Crippen LogP contribution in [0.2, 0.25) is 10.0 Å². The Hall–Kier alpha value is -2.65. The van der Waals surface area contributed by atoms with E-state index in [1.165, 1.54) is 18.0 Å². The Morgan fingerprint density at radius 3 is 2.32 bits per heavy atom. The van der Waals surface area contributed by atoms with E-state index >= 15 is 0 Å². The van der Waals surface area contributed by atoms with Crippen molar-refractivity contribution in [3.63, 3.8) is 0 Å². The average Bonchev–Trinajstić information content (AvgIpc) is 2.88. The Labute approximate surface area is 228 Å². The Balaban J connectivity index is 1.90. The van der Waals surface area contributed by atoms with Gasteiger partial charge in [-0.2, -0.15) is 4.31 Å². The number of carbonyl (C=O) groups is 2. The molecule has 3 aromatic rings. The number of hydrogen-bond acceptors (Lipinski definition) is 4. The minimum Gasteiger partial charge on any atom is -0.354 e. The molecule has 0 spiro atoms. The zero-order valence-corrected chi connectivity index (χ0v) is 23.4. The monoisotopic (exact) mass is 563 g/mol. The lowest BCUT2D eigenvalue weighted by molar-refractivity contribution is -0.141. The van der Waals surface area contributed by atoms with E-state index < -0.39 is 28.5 Å². The number of fused-ring (bicyclic) bond motifs is 1. The van der Waals surface area contributed by atoms with Crippen LogP contribution in [0.15, 0.2) is 65.6 Å². The average molecular weight is 565 g/mol. The summed E-state index contributed by atoms with van der Waals surface area (Å²) in [4.78, 5) is 28.0. The Bertz CT molecular complexity index is 1380. The van der Waals surface area contributed by atoms with Crippen LogP contribution in [-0.2, 0) is 26.2 Å². The van der Waals surface area contributed by atoms with Gasteiger partial charge in [-0.1, -0.05) is 73.4 Å². The summed E-state index contributed by atoms with van der Waals surface area (Å²) in [5.41, 5.74) is 0.598. The number of halogens is 2. The summed E-state index contributed by atoms with van der Waals surface area (Å²) in [6, 6.07) is 16.4. The SMILES string of the molecule is CCCNC(=O)[C@@H](CC)N(Cc1ccc(Cl)cc1Cl)C(=O)CN(C)S(=O)(=O)c1ccc2ccccc2c1. The van der Waals surface area contributed by atoms with Crippen molar-refractivity contribution in [3.05, 3.63) is 76.3 Å². The molecule has 0 fully saturated rings. The van der Waals surface area contributed by atoms with Crippen LogP contribution in [0.3, 0.4) is 0 Å². The van der Waals surface area contributed by atoms with Gasteiger partial charge in [0.25, 0.3) is 0 Å². The molecule has 1 N–H and O–H groups in total. The second kappa shape index (κ2) is 12.7. The lowest BCUT2D eigenvalue weighted by Crippen LogP contribution is -2.51. The van der Waals surface area contributed by atoms with E-state index in [1.807, 2.05) is 31.2 Å². The zero-order valence-electron chi connectivity index (χ0n) is 21.1. The maximum Gasteiger partial charge on any atom is 0.243 e. The predicted octanol–water partition coefficient (Wildman–Crippen LogP) is 5.10. The third-order valence-corrected chi connectivity index (χ3v) is 8.46. The topological polar surface area (TPSA) is 86.8 Å². The fraction of sp³-hybridized carbons (Fsp3) is 0.333. The number of amides is 2. The van der Waals surface area contributed by atoms with Gasteiger partial charge in [0.15, 0.2) is 0 Å². The number of hydrogen-bond donors (Lipinski definition) is 1. The van der Waals surface area contributed by atoms with E-state index in [-0.39, 0.29) is 17.3 Å². The van der Waals surface area contributed by atoms with Gasteiger partial charge in [0.1, 0.15) is 6.04 Å². The van der Waals surface area contributed by atoms with E-state index in [0.29, 0.717) is 28.6 Å². The van der Waals surface area contributed by atoms with Crippen molar-refractivity contribution in [3.8, 4) is 0 Å². The number of benzene rings is 3. The van der Waals surface area contributed by atoms with Crippen LogP contribution in [0.4, 0.5) is 0 Å². The maximum absolute atomic E-state index is 13.6. The fourth-order valence-electron chi connectivity index (χ4n) is 3.99. The van der Waals surface area contributed by atoms with E-state index in [2.05, 4.69) is 5.32 Å². The van der Waals surface area contributed by atoms with E-state index in [0.717, 1.165) is 21.5 Å². The minimum absolute atomic E-state index is 0.0246. The molecule has 10 heteroatoms. The van der Waals surface area contributed by atoms with Gasteiger partial charge in [-0.15, -0.1) is 0 Å². The summed E-state index contributed by atoms with van der Waals surface area (Å²) in [5, 5.41) is 5.32. The molecule has 0 saturated carbocycles. The van der Waals surface area contributed by atoms with Crippen molar-refractivity contribution < 1.29 is 18.0 Å². The minimum atomic E-state index is -3.97. The largest absolute Gasteiger partial charge is 0.354 e. The highest BCUT2D eigenvalue weighted by molar-refractivity contribution is 7.89. The highest BCUT2D eigenvalue weighted by atomic mass is 35.5. The van der Waals surface area contributed by atoms with Gasteiger partial charge in [-0.3, -0.25) is 9.59 Å². The number of nitrogens with zero attached hydrogens (tertiary/aromatic N) is 2. The van der Waals surface area contributed by atoms with E-state index in [1.54, 1.807) is 37.3 Å². The molecule has 0 aliphatic carbocycles. The lowest BCUT2D eigenvalue weighted by Gasteiger charge is -2.32. The summed E-state index contributed by atoms with van der Waals surface area (Å²) in [6.07, 6.45) is 1.08. The first kappa shape index (κ1) is 28.9. The highest BCUT2D eigenvalue weighted by Gasteiger charge is 2.32. The van der Waals surface area contributed by atoms with Gasteiger partial charge >= 0.3 is 0 Å². The molecule has 3 rings (SSSR count). The van der Waals surface area contributed by atoms with Gasteiger partial charge in [0.2, 0.25) is 21.8 Å². The Morgan fingerprint density at radius 2 is 1.68 bits per heavy atom. The summed E-state index contributed by atoms with van der Waals surface area (Å²) in [5.74, 6) is -0.820. The summed E-state index contributed by atoms with van der Waals surface area (Å²) >= 11 is 12.4. The van der Waals surface area contributed by atoms with Crippen LogP contribution in [0.1, 0.15) is 32.3 Å². The van der Waals surface area contributed by atoms with Crippen LogP contribution >= 0.6 is 23.2 Å². The first-order valence-electron chi connectivity index (χ1n) is 12.0. The number of nitrogens with one attached hydrogen (secondary N) is 1. The first-order valence-corrected chi connectivity index (χ1v) is 14.2. The van der Waals surface area contributed by atoms with Gasteiger partial charge in [-0.25, -0.2) is 8.42 Å². The summed E-state index contributed by atoms with van der Waals surface area (Å²) in [7, 11) is -2.62. The lowest BCUT2D eigenvalue weighted by atomic mass is 10.1. The molecule has 3 aromatic carbocycles. The van der Waals surface area contributed by atoms with Crippen molar-refractivity contribution in [2.24, 2.45) is 0 Å². The molecular weight excluding hydrogens is 533 g/mol. The van der Waals surface area contributed by atoms with Crippen LogP contribution < -0.4 is 5.32 Å². The molecule has 198 valence electrons. The molecule has 2 amide bonds. The predicted molar refractivity (Wildman–Crippen MR) is 148 cm³/mol. The van der Waals surface area contributed by atoms with Crippen LogP contribution in [0, 0.1) is 0 Å². The molecule has 0 aliphatic rings. The molecule has 0 unspecified atom stereocenters. The zero-order chi connectivity index (χ0) is 27.2. The third kappa shape index (κ3) is 7.02. The molecule has 0 aromatic heterocycles. The number of sulfonamides is 1. The quantitative estimate of drug-likeness (QED) is 0.351. The molecule has 37 heavy (non-hydrogen) atoms. The Kier molecular flexibility index (Phi) is 9.95. The smallest absolute Gasteiger partial charge is 0.243 e. The standard InChI is InChI=1S/C27H31Cl2N3O4S/c1-4-14-30-27(34)25(5-2)32(17-21-10-12-22(28)16-24(21)29)26(33)18-31(3)37(35,36)23-13-11-19-8-6-7-9-20(19)15-23/h6-13,15-16,25H,4-5,14,17-18H2,1-3H3,(H,30,34)/t25-/m1/s1. The van der Waals surface area contributed by atoms with Gasteiger partial charge < -0.3 is 10.2 Å². The third-order valence-electron chi connectivity index (χ3n) is 6.08. The summed E-state index contributed by atoms with van der Waals surface area (Å²) in [6.45, 7) is 3.78. The normalized spacial score (nSPS) is 12.5. The highest BCUT2D eigenvalue weighted by Crippen LogP contribution is 2.25. The van der Waals surface area contributed by atoms with Gasteiger partial charge in [0, 0.05) is 30.2 Å².